The molecule has 19 heavy (non-hydrogen) atoms. The summed E-state index contributed by atoms with van der Waals surface area (Å²) < 4.78 is 23.0. The number of para-hydroxylation sites is 1. The van der Waals surface area contributed by atoms with Crippen LogP contribution in [0.4, 0.5) is 0 Å². The third-order valence-electron chi connectivity index (χ3n) is 2.77. The predicted molar refractivity (Wildman–Crippen MR) is 72.0 cm³/mol. The van der Waals surface area contributed by atoms with Crippen molar-refractivity contribution in [3.8, 4) is 16.9 Å². The van der Waals surface area contributed by atoms with Crippen LogP contribution in [0.2, 0.25) is 0 Å². The average Bonchev–Trinajstić information content (AvgIpc) is 2.38. The van der Waals surface area contributed by atoms with Crippen molar-refractivity contribution in [3.05, 3.63) is 48.0 Å². The maximum Gasteiger partial charge on any atom is 0.175 e. The van der Waals surface area contributed by atoms with E-state index in [1.807, 2.05) is 0 Å². The Morgan fingerprint density at radius 3 is 2.42 bits per heavy atom. The molecule has 0 saturated heterocycles. The van der Waals surface area contributed by atoms with Crippen LogP contribution >= 0.6 is 0 Å². The molecule has 4 nitrogen and oxygen atoms in total. The Morgan fingerprint density at radius 2 is 1.79 bits per heavy atom. The van der Waals surface area contributed by atoms with Gasteiger partial charge in [-0.05, 0) is 23.8 Å². The van der Waals surface area contributed by atoms with Crippen LogP contribution in [0, 0.1) is 0 Å². The fourth-order valence-electron chi connectivity index (χ4n) is 1.78. The van der Waals surface area contributed by atoms with Gasteiger partial charge in [0, 0.05) is 11.8 Å². The highest BCUT2D eigenvalue weighted by molar-refractivity contribution is 7.90. The molecule has 2 aromatic carbocycles. The highest BCUT2D eigenvalue weighted by Gasteiger charge is 2.12. The lowest BCUT2D eigenvalue weighted by atomic mass is 10.0. The zero-order chi connectivity index (χ0) is 14.0. The minimum atomic E-state index is -3.31. The van der Waals surface area contributed by atoms with E-state index < -0.39 is 9.84 Å². The molecule has 0 radical (unpaired) electrons. The molecule has 2 rings (SSSR count). The van der Waals surface area contributed by atoms with Crippen LogP contribution in [0.25, 0.3) is 11.1 Å². The number of benzene rings is 2. The third-order valence-corrected chi connectivity index (χ3v) is 3.88. The van der Waals surface area contributed by atoms with Gasteiger partial charge in [0.2, 0.25) is 0 Å². The Bertz CT molecular complexity index is 733. The molecule has 0 bridgehead atoms. The van der Waals surface area contributed by atoms with Gasteiger partial charge in [-0.1, -0.05) is 24.3 Å². The molecule has 5 heteroatoms. The van der Waals surface area contributed by atoms with Crippen molar-refractivity contribution in [1.82, 2.24) is 0 Å². The Balaban J connectivity index is 2.63. The maximum atomic E-state index is 11.5. The molecule has 0 aliphatic carbocycles. The largest absolute Gasteiger partial charge is 0.507 e. The summed E-state index contributed by atoms with van der Waals surface area (Å²) in [4.78, 5) is 10.9. The summed E-state index contributed by atoms with van der Waals surface area (Å²) in [5.41, 5.74) is 1.14. The first-order valence-electron chi connectivity index (χ1n) is 5.51. The van der Waals surface area contributed by atoms with E-state index in [1.165, 1.54) is 18.2 Å². The molecule has 0 amide bonds. The first-order valence-corrected chi connectivity index (χ1v) is 7.40. The number of hydrogen-bond donors (Lipinski definition) is 1. The van der Waals surface area contributed by atoms with Crippen LogP contribution in [0.1, 0.15) is 10.4 Å². The lowest BCUT2D eigenvalue weighted by molar-refractivity contribution is 0.112. The van der Waals surface area contributed by atoms with Gasteiger partial charge in [-0.3, -0.25) is 4.79 Å². The van der Waals surface area contributed by atoms with Gasteiger partial charge in [0.25, 0.3) is 0 Å². The van der Waals surface area contributed by atoms with Gasteiger partial charge < -0.3 is 5.11 Å². The van der Waals surface area contributed by atoms with E-state index in [0.29, 0.717) is 17.4 Å². The second-order valence-electron chi connectivity index (χ2n) is 4.16. The lowest BCUT2D eigenvalue weighted by Gasteiger charge is -2.08. The van der Waals surface area contributed by atoms with Gasteiger partial charge in [0.15, 0.2) is 16.1 Å². The summed E-state index contributed by atoms with van der Waals surface area (Å²) in [5, 5.41) is 9.96. The molecule has 0 aliphatic rings. The average molecular weight is 276 g/mol. The van der Waals surface area contributed by atoms with Crippen molar-refractivity contribution < 1.29 is 18.3 Å². The molecule has 0 heterocycles. The van der Waals surface area contributed by atoms with Crippen LogP contribution in [0.5, 0.6) is 5.75 Å². The topological polar surface area (TPSA) is 71.4 Å². The Kier molecular flexibility index (Phi) is 3.40. The van der Waals surface area contributed by atoms with E-state index in [4.69, 9.17) is 0 Å². The molecule has 0 fully saturated rings. The van der Waals surface area contributed by atoms with E-state index >= 15 is 0 Å². The van der Waals surface area contributed by atoms with E-state index in [1.54, 1.807) is 24.3 Å². The van der Waals surface area contributed by atoms with Crippen LogP contribution in [-0.2, 0) is 9.84 Å². The van der Waals surface area contributed by atoms with E-state index in [9.17, 15) is 18.3 Å². The maximum absolute atomic E-state index is 11.5. The number of carbonyl (C=O) groups excluding carboxylic acids is 1. The molecule has 1 N–H and O–H groups in total. The summed E-state index contributed by atoms with van der Waals surface area (Å²) >= 11 is 0. The first kappa shape index (κ1) is 13.3. The predicted octanol–water partition coefficient (Wildman–Crippen LogP) is 2.28. The molecule has 0 unspecified atom stereocenters. The second-order valence-corrected chi connectivity index (χ2v) is 6.18. The van der Waals surface area contributed by atoms with Crippen LogP contribution in [0.15, 0.2) is 47.4 Å². The van der Waals surface area contributed by atoms with Crippen LogP contribution in [0.3, 0.4) is 0 Å². The van der Waals surface area contributed by atoms with Crippen molar-refractivity contribution >= 4 is 16.1 Å². The fourth-order valence-corrected chi connectivity index (χ4v) is 2.45. The molecular weight excluding hydrogens is 264 g/mol. The molecule has 0 atom stereocenters. The number of aromatic hydroxyl groups is 1. The Hall–Kier alpha value is -2.14. The van der Waals surface area contributed by atoms with E-state index in [-0.39, 0.29) is 16.2 Å². The highest BCUT2D eigenvalue weighted by atomic mass is 32.2. The molecule has 98 valence electrons. The van der Waals surface area contributed by atoms with Crippen molar-refractivity contribution in [3.63, 3.8) is 0 Å². The second kappa shape index (κ2) is 4.85. The van der Waals surface area contributed by atoms with Crippen molar-refractivity contribution in [1.29, 1.82) is 0 Å². The smallest absolute Gasteiger partial charge is 0.175 e. The van der Waals surface area contributed by atoms with Crippen LogP contribution in [-0.4, -0.2) is 26.1 Å². The van der Waals surface area contributed by atoms with Crippen molar-refractivity contribution in [2.75, 3.05) is 6.26 Å². The fraction of sp³-hybridized carbons (Fsp3) is 0.0714. The van der Waals surface area contributed by atoms with Gasteiger partial charge >= 0.3 is 0 Å². The Morgan fingerprint density at radius 1 is 1.11 bits per heavy atom. The van der Waals surface area contributed by atoms with Crippen molar-refractivity contribution in [2.45, 2.75) is 4.90 Å². The van der Waals surface area contributed by atoms with Crippen LogP contribution < -0.4 is 0 Å². The van der Waals surface area contributed by atoms with Gasteiger partial charge in [-0.25, -0.2) is 8.42 Å². The third kappa shape index (κ3) is 2.66. The monoisotopic (exact) mass is 276 g/mol. The molecule has 0 aliphatic heterocycles. The van der Waals surface area contributed by atoms with E-state index in [2.05, 4.69) is 0 Å². The van der Waals surface area contributed by atoms with Crippen molar-refractivity contribution in [2.24, 2.45) is 0 Å². The summed E-state index contributed by atoms with van der Waals surface area (Å²) in [5.74, 6) is -0.150. The molecule has 0 spiro atoms. The zero-order valence-electron chi connectivity index (χ0n) is 10.2. The number of phenols is 1. The summed E-state index contributed by atoms with van der Waals surface area (Å²) in [6, 6.07) is 11.0. The number of sulfone groups is 1. The summed E-state index contributed by atoms with van der Waals surface area (Å²) in [6.07, 6.45) is 1.67. The number of aldehydes is 1. The number of rotatable bonds is 3. The zero-order valence-corrected chi connectivity index (χ0v) is 11.0. The molecule has 0 saturated carbocycles. The minimum absolute atomic E-state index is 0.150. The van der Waals surface area contributed by atoms with Gasteiger partial charge in [-0.15, -0.1) is 0 Å². The molecular formula is C14H12O4S. The van der Waals surface area contributed by atoms with Gasteiger partial charge in [0.05, 0.1) is 10.5 Å². The number of carbonyl (C=O) groups is 1. The SMILES string of the molecule is CS(=O)(=O)c1cccc(-c2cccc(C=O)c2O)c1. The van der Waals surface area contributed by atoms with Gasteiger partial charge in [0.1, 0.15) is 5.75 Å². The highest BCUT2D eigenvalue weighted by Crippen LogP contribution is 2.32. The first-order chi connectivity index (χ1) is 8.93. The summed E-state index contributed by atoms with van der Waals surface area (Å²) in [6.45, 7) is 0. The molecule has 0 aromatic heterocycles. The minimum Gasteiger partial charge on any atom is -0.507 e. The Labute approximate surface area is 111 Å². The molecule has 2 aromatic rings. The quantitative estimate of drug-likeness (QED) is 0.873. The number of hydrogen-bond acceptors (Lipinski definition) is 4. The van der Waals surface area contributed by atoms with Gasteiger partial charge in [-0.2, -0.15) is 0 Å². The normalized spacial score (nSPS) is 11.2. The summed E-state index contributed by atoms with van der Waals surface area (Å²) in [7, 11) is -3.31. The number of phenolic OH excluding ortho intramolecular Hbond substituents is 1. The van der Waals surface area contributed by atoms with E-state index in [0.717, 1.165) is 6.26 Å². The standard InChI is InChI=1S/C14H12O4S/c1-19(17,18)12-6-2-4-10(8-12)13-7-3-5-11(9-15)14(13)16/h2-9,16H,1H3. The lowest BCUT2D eigenvalue weighted by Crippen LogP contribution is -1.97.